The molecule has 0 aromatic heterocycles. The summed E-state index contributed by atoms with van der Waals surface area (Å²) < 4.78 is 0. The molecule has 0 saturated carbocycles. The third kappa shape index (κ3) is 3.14. The Morgan fingerprint density at radius 3 is 1.94 bits per heavy atom. The zero-order valence-electron chi connectivity index (χ0n) is 17.7. The molecule has 1 atom stereocenters. The van der Waals surface area contributed by atoms with Crippen LogP contribution in [0, 0.1) is 0 Å². The van der Waals surface area contributed by atoms with Gasteiger partial charge in [-0.1, -0.05) is 103 Å². The molecule has 2 aliphatic rings. The van der Waals surface area contributed by atoms with Crippen LogP contribution < -0.4 is 0 Å². The molecule has 1 unspecified atom stereocenters. The molecule has 0 N–H and O–H groups in total. The summed E-state index contributed by atoms with van der Waals surface area (Å²) in [5, 5.41) is 0.976. The van der Waals surface area contributed by atoms with Crippen molar-refractivity contribution in [1.82, 2.24) is 4.90 Å². The van der Waals surface area contributed by atoms with Gasteiger partial charge >= 0.3 is 0 Å². The number of hydrogen-bond donors (Lipinski definition) is 0. The highest BCUT2D eigenvalue weighted by Gasteiger charge is 2.53. The summed E-state index contributed by atoms with van der Waals surface area (Å²) >= 11 is 1.77. The van der Waals surface area contributed by atoms with Crippen LogP contribution in [0.2, 0.25) is 0 Å². The summed E-state index contributed by atoms with van der Waals surface area (Å²) in [6.07, 6.45) is 0. The molecule has 0 amide bonds. The van der Waals surface area contributed by atoms with E-state index in [0.29, 0.717) is 0 Å². The summed E-state index contributed by atoms with van der Waals surface area (Å²) in [6, 6.07) is 31.4. The Hall–Kier alpha value is -3.11. The predicted molar refractivity (Wildman–Crippen MR) is 128 cm³/mol. The highest BCUT2D eigenvalue weighted by Crippen LogP contribution is 2.53. The number of benzene rings is 3. The highest BCUT2D eigenvalue weighted by molar-refractivity contribution is 8.14. The number of ketones is 1. The van der Waals surface area contributed by atoms with Crippen molar-refractivity contribution in [1.29, 1.82) is 0 Å². The molecule has 2 aliphatic heterocycles. The third-order valence-electron chi connectivity index (χ3n) is 6.21. The van der Waals surface area contributed by atoms with E-state index in [-0.39, 0.29) is 11.8 Å². The van der Waals surface area contributed by atoms with Gasteiger partial charge in [0.05, 0.1) is 6.04 Å². The second kappa shape index (κ2) is 7.86. The van der Waals surface area contributed by atoms with Crippen molar-refractivity contribution < 1.29 is 4.79 Å². The maximum absolute atomic E-state index is 12.9. The summed E-state index contributed by atoms with van der Waals surface area (Å²) in [7, 11) is 0. The number of Topliss-reactive ketones (excluding diaryl/α,β-unsaturated/α-hetero) is 1. The second-order valence-corrected chi connectivity index (χ2v) is 8.96. The number of thioether (sulfide) groups is 1. The first-order chi connectivity index (χ1) is 15.1. The number of rotatable bonds is 4. The van der Waals surface area contributed by atoms with Crippen LogP contribution in [0.15, 0.2) is 107 Å². The molecule has 2 heterocycles. The number of allylic oxidation sites excluding steroid dienone is 1. The molecule has 3 nitrogen and oxygen atoms in total. The van der Waals surface area contributed by atoms with Crippen molar-refractivity contribution in [2.75, 3.05) is 5.75 Å². The van der Waals surface area contributed by atoms with E-state index >= 15 is 0 Å². The summed E-state index contributed by atoms with van der Waals surface area (Å²) in [5.74, 6) is 0.905. The van der Waals surface area contributed by atoms with E-state index < -0.39 is 5.54 Å². The smallest absolute Gasteiger partial charge is 0.165 e. The number of nitrogens with zero attached hydrogens (tertiary/aromatic N) is 2. The molecule has 0 radical (unpaired) electrons. The van der Waals surface area contributed by atoms with Crippen molar-refractivity contribution >= 4 is 22.7 Å². The molecule has 154 valence electrons. The molecule has 0 bridgehead atoms. The fourth-order valence-electron chi connectivity index (χ4n) is 4.86. The van der Waals surface area contributed by atoms with Gasteiger partial charge in [-0.2, -0.15) is 0 Å². The van der Waals surface area contributed by atoms with Crippen LogP contribution >= 0.6 is 11.8 Å². The standard InChI is InChI=1S/C27H24N2OS/c1-19-24(20(2)30)25(21-12-6-3-7-13-21)29-26(28-19)31-18-27(29,22-14-8-4-9-15-22)23-16-10-5-11-17-23/h3-17,25H,18H2,1-2H3. The van der Waals surface area contributed by atoms with Gasteiger partial charge in [0.25, 0.3) is 0 Å². The van der Waals surface area contributed by atoms with Crippen molar-refractivity contribution in [3.05, 3.63) is 119 Å². The molecule has 0 spiro atoms. The van der Waals surface area contributed by atoms with Crippen LogP contribution in [0.1, 0.15) is 36.6 Å². The molecule has 1 fully saturated rings. The van der Waals surface area contributed by atoms with Crippen LogP contribution in [0.4, 0.5) is 0 Å². The largest absolute Gasteiger partial charge is 0.325 e. The Balaban J connectivity index is 1.81. The number of fused-ring (bicyclic) bond motifs is 1. The molecular formula is C27H24N2OS. The lowest BCUT2D eigenvalue weighted by atomic mass is 9.79. The van der Waals surface area contributed by atoms with E-state index in [0.717, 1.165) is 27.8 Å². The zero-order valence-corrected chi connectivity index (χ0v) is 18.5. The average molecular weight is 425 g/mol. The Kier molecular flexibility index (Phi) is 5.03. The zero-order chi connectivity index (χ0) is 21.4. The number of amidine groups is 1. The van der Waals surface area contributed by atoms with Crippen molar-refractivity contribution in [3.8, 4) is 0 Å². The third-order valence-corrected chi connectivity index (χ3v) is 7.32. The van der Waals surface area contributed by atoms with Gasteiger partial charge in [0.1, 0.15) is 5.54 Å². The van der Waals surface area contributed by atoms with E-state index in [1.54, 1.807) is 18.7 Å². The van der Waals surface area contributed by atoms with Crippen molar-refractivity contribution in [3.63, 3.8) is 0 Å². The second-order valence-electron chi connectivity index (χ2n) is 8.01. The van der Waals surface area contributed by atoms with E-state index in [2.05, 4.69) is 77.7 Å². The van der Waals surface area contributed by atoms with Gasteiger partial charge in [-0.25, -0.2) is 4.99 Å². The molecule has 1 saturated heterocycles. The SMILES string of the molecule is CC(=O)C1=C(C)N=C2SCC(c3ccccc3)(c3ccccc3)N2C1c1ccccc1. The van der Waals surface area contributed by atoms with Crippen LogP contribution in [0.25, 0.3) is 0 Å². The van der Waals surface area contributed by atoms with Crippen molar-refractivity contribution in [2.45, 2.75) is 25.4 Å². The van der Waals surface area contributed by atoms with Crippen molar-refractivity contribution in [2.24, 2.45) is 4.99 Å². The predicted octanol–water partition coefficient (Wildman–Crippen LogP) is 5.95. The number of carbonyl (C=O) groups is 1. The van der Waals surface area contributed by atoms with Crippen LogP contribution in [-0.2, 0) is 10.3 Å². The van der Waals surface area contributed by atoms with Crippen LogP contribution in [0.5, 0.6) is 0 Å². The Labute approximate surface area is 187 Å². The summed E-state index contributed by atoms with van der Waals surface area (Å²) in [4.78, 5) is 20.2. The molecule has 0 aliphatic carbocycles. The Morgan fingerprint density at radius 2 is 1.42 bits per heavy atom. The number of carbonyl (C=O) groups excluding carboxylic acids is 1. The summed E-state index contributed by atoms with van der Waals surface area (Å²) in [6.45, 7) is 3.62. The minimum atomic E-state index is -0.423. The monoisotopic (exact) mass is 424 g/mol. The normalized spacial score (nSPS) is 19.7. The lowest BCUT2D eigenvalue weighted by Crippen LogP contribution is -2.50. The fourth-order valence-corrected chi connectivity index (χ4v) is 6.27. The maximum atomic E-state index is 12.9. The minimum absolute atomic E-state index is 0.0704. The Morgan fingerprint density at radius 1 is 0.903 bits per heavy atom. The topological polar surface area (TPSA) is 32.7 Å². The van der Waals surface area contributed by atoms with Gasteiger partial charge in [0, 0.05) is 17.0 Å². The van der Waals surface area contributed by atoms with Crippen LogP contribution in [0.3, 0.4) is 0 Å². The number of hydrogen-bond acceptors (Lipinski definition) is 4. The quantitative estimate of drug-likeness (QED) is 0.519. The first-order valence-corrected chi connectivity index (χ1v) is 11.5. The van der Waals surface area contributed by atoms with Gasteiger partial charge < -0.3 is 4.90 Å². The average Bonchev–Trinajstić information content (AvgIpc) is 3.19. The lowest BCUT2D eigenvalue weighted by Gasteiger charge is -2.46. The summed E-state index contributed by atoms with van der Waals surface area (Å²) in [5.41, 5.74) is 4.70. The molecule has 3 aromatic carbocycles. The van der Waals surface area contributed by atoms with E-state index in [4.69, 9.17) is 4.99 Å². The van der Waals surface area contributed by atoms with Crippen LogP contribution in [-0.4, -0.2) is 21.6 Å². The molecule has 31 heavy (non-hydrogen) atoms. The van der Waals surface area contributed by atoms with E-state index in [1.807, 2.05) is 25.1 Å². The van der Waals surface area contributed by atoms with Gasteiger partial charge in [-0.15, -0.1) is 0 Å². The lowest BCUT2D eigenvalue weighted by molar-refractivity contribution is -0.114. The van der Waals surface area contributed by atoms with E-state index in [9.17, 15) is 4.79 Å². The fraction of sp³-hybridized carbons (Fsp3) is 0.185. The van der Waals surface area contributed by atoms with Gasteiger partial charge in [0.15, 0.2) is 11.0 Å². The molecule has 3 aromatic rings. The van der Waals surface area contributed by atoms with E-state index in [1.165, 1.54) is 11.1 Å². The molecule has 4 heteroatoms. The molecular weight excluding hydrogens is 400 g/mol. The Bertz CT molecular complexity index is 1130. The minimum Gasteiger partial charge on any atom is -0.325 e. The van der Waals surface area contributed by atoms with Gasteiger partial charge in [-0.3, -0.25) is 4.79 Å². The van der Waals surface area contributed by atoms with Gasteiger partial charge in [0.2, 0.25) is 0 Å². The van der Waals surface area contributed by atoms with Gasteiger partial charge in [-0.05, 0) is 30.5 Å². The maximum Gasteiger partial charge on any atom is 0.165 e. The first kappa shape index (κ1) is 19.8. The highest BCUT2D eigenvalue weighted by atomic mass is 32.2. The first-order valence-electron chi connectivity index (χ1n) is 10.5. The molecule has 5 rings (SSSR count). The number of aliphatic imine (C=N–C) groups is 1.